The number of benzene rings is 1. The highest BCUT2D eigenvalue weighted by Gasteiger charge is 2.09. The maximum atomic E-state index is 12.9. The second-order valence-electron chi connectivity index (χ2n) is 2.27. The first-order valence-electron chi connectivity index (χ1n) is 3.31. The van der Waals surface area contributed by atoms with Crippen LogP contribution in [0.2, 0.25) is 5.02 Å². The number of anilines is 1. The van der Waals surface area contributed by atoms with Crippen molar-refractivity contribution in [2.75, 3.05) is 4.72 Å². The van der Waals surface area contributed by atoms with Gasteiger partial charge < -0.3 is 0 Å². The molecule has 0 radical (unpaired) electrons. The Morgan fingerprint density at radius 2 is 2.29 bits per heavy atom. The predicted molar refractivity (Wildman–Crippen MR) is 50.5 cm³/mol. The van der Waals surface area contributed by atoms with Crippen molar-refractivity contribution in [3.63, 3.8) is 0 Å². The molecular formula is C7H4ClFN2O2S. The maximum Gasteiger partial charge on any atom is 0.259 e. The van der Waals surface area contributed by atoms with E-state index in [-0.39, 0.29) is 16.3 Å². The van der Waals surface area contributed by atoms with E-state index in [1.165, 1.54) is 0 Å². The molecule has 0 heterocycles. The van der Waals surface area contributed by atoms with Crippen molar-refractivity contribution < 1.29 is 13.2 Å². The number of rotatable bonds is 2. The lowest BCUT2D eigenvalue weighted by Gasteiger charge is -2.04. The highest BCUT2D eigenvalue weighted by molar-refractivity contribution is 7.80. The summed E-state index contributed by atoms with van der Waals surface area (Å²) in [5.41, 5.74) is -0.215. The average molecular weight is 235 g/mol. The number of nitrogens with one attached hydrogen (secondary N) is 1. The summed E-state index contributed by atoms with van der Waals surface area (Å²) < 4.78 is 33.8. The zero-order valence-electron chi connectivity index (χ0n) is 6.62. The molecule has 0 aromatic heterocycles. The third kappa shape index (κ3) is 2.42. The second kappa shape index (κ2) is 4.37. The van der Waals surface area contributed by atoms with Crippen molar-refractivity contribution in [3.8, 4) is 6.07 Å². The van der Waals surface area contributed by atoms with Gasteiger partial charge in [-0.15, -0.1) is 0 Å². The Hall–Kier alpha value is -1.16. The van der Waals surface area contributed by atoms with Crippen LogP contribution < -0.4 is 4.72 Å². The molecule has 0 fully saturated rings. The van der Waals surface area contributed by atoms with E-state index >= 15 is 0 Å². The number of hydrogen-bond donors (Lipinski definition) is 2. The van der Waals surface area contributed by atoms with Crippen LogP contribution in [-0.2, 0) is 11.3 Å². The van der Waals surface area contributed by atoms with Crippen LogP contribution in [0.4, 0.5) is 10.1 Å². The zero-order chi connectivity index (χ0) is 10.7. The van der Waals surface area contributed by atoms with Crippen LogP contribution in [0.1, 0.15) is 5.56 Å². The zero-order valence-corrected chi connectivity index (χ0v) is 8.19. The molecule has 0 spiro atoms. The highest BCUT2D eigenvalue weighted by atomic mass is 35.5. The van der Waals surface area contributed by atoms with Gasteiger partial charge in [0.15, 0.2) is 0 Å². The van der Waals surface area contributed by atoms with Crippen LogP contribution in [0.25, 0.3) is 0 Å². The van der Waals surface area contributed by atoms with Crippen molar-refractivity contribution in [2.24, 2.45) is 0 Å². The van der Waals surface area contributed by atoms with Gasteiger partial charge >= 0.3 is 0 Å². The molecular weight excluding hydrogens is 231 g/mol. The number of hydrogen-bond acceptors (Lipinski definition) is 2. The normalized spacial score (nSPS) is 11.9. The van der Waals surface area contributed by atoms with E-state index in [9.17, 15) is 8.60 Å². The van der Waals surface area contributed by atoms with Gasteiger partial charge in [0.1, 0.15) is 11.9 Å². The number of nitriles is 1. The van der Waals surface area contributed by atoms with E-state index in [0.717, 1.165) is 12.1 Å². The van der Waals surface area contributed by atoms with Gasteiger partial charge in [-0.3, -0.25) is 9.27 Å². The van der Waals surface area contributed by atoms with Gasteiger partial charge in [0.2, 0.25) is 0 Å². The molecule has 0 saturated heterocycles. The summed E-state index contributed by atoms with van der Waals surface area (Å²) in [7, 11) is 0. The van der Waals surface area contributed by atoms with Crippen molar-refractivity contribution >= 4 is 28.6 Å². The van der Waals surface area contributed by atoms with Gasteiger partial charge in [-0.2, -0.15) is 5.26 Å². The molecule has 74 valence electrons. The third-order valence-corrected chi connectivity index (χ3v) is 2.08. The summed E-state index contributed by atoms with van der Waals surface area (Å²) >= 11 is 3.24. The molecule has 0 amide bonds. The minimum atomic E-state index is -2.31. The Morgan fingerprint density at radius 1 is 1.64 bits per heavy atom. The predicted octanol–water partition coefficient (Wildman–Crippen LogP) is 1.90. The minimum absolute atomic E-state index is 0.0328. The maximum absolute atomic E-state index is 12.9. The molecule has 1 unspecified atom stereocenters. The van der Waals surface area contributed by atoms with Crippen LogP contribution in [-0.4, -0.2) is 8.76 Å². The summed E-state index contributed by atoms with van der Waals surface area (Å²) in [5, 5.41) is 8.40. The van der Waals surface area contributed by atoms with Gasteiger partial charge in [-0.25, -0.2) is 8.60 Å². The van der Waals surface area contributed by atoms with Gasteiger partial charge in [-0.05, 0) is 12.1 Å². The van der Waals surface area contributed by atoms with E-state index in [1.807, 2.05) is 0 Å². The van der Waals surface area contributed by atoms with Gasteiger partial charge in [0.25, 0.3) is 11.3 Å². The van der Waals surface area contributed by atoms with Crippen LogP contribution in [0.5, 0.6) is 0 Å². The van der Waals surface area contributed by atoms with Gasteiger partial charge in [-0.1, -0.05) is 11.6 Å². The molecule has 0 aliphatic rings. The molecule has 1 rings (SSSR count). The summed E-state index contributed by atoms with van der Waals surface area (Å²) in [6.45, 7) is 0. The highest BCUT2D eigenvalue weighted by Crippen LogP contribution is 2.25. The van der Waals surface area contributed by atoms with Crippen molar-refractivity contribution in [3.05, 3.63) is 28.5 Å². The topological polar surface area (TPSA) is 73.1 Å². The van der Waals surface area contributed by atoms with Gasteiger partial charge in [0.05, 0.1) is 16.3 Å². The Morgan fingerprint density at radius 3 is 2.79 bits per heavy atom. The molecule has 7 heteroatoms. The lowest BCUT2D eigenvalue weighted by molar-refractivity contribution is 0.570. The summed E-state index contributed by atoms with van der Waals surface area (Å²) in [5.74, 6) is -0.772. The molecule has 1 aromatic carbocycles. The molecule has 1 atom stereocenters. The van der Waals surface area contributed by atoms with E-state index < -0.39 is 17.1 Å². The molecule has 1 aromatic rings. The Balaban J connectivity index is 3.19. The first kappa shape index (κ1) is 10.9. The SMILES string of the molecule is N#Cc1cc(NS(=O)O)c(Cl)cc1F. The quantitative estimate of drug-likeness (QED) is 0.768. The van der Waals surface area contributed by atoms with Crippen LogP contribution >= 0.6 is 11.6 Å². The minimum Gasteiger partial charge on any atom is -0.289 e. The molecule has 0 bridgehead atoms. The largest absolute Gasteiger partial charge is 0.289 e. The number of halogens is 2. The Bertz CT molecular complexity index is 432. The van der Waals surface area contributed by atoms with Crippen LogP contribution in [0, 0.1) is 17.1 Å². The van der Waals surface area contributed by atoms with E-state index in [4.69, 9.17) is 21.4 Å². The Kier molecular flexibility index (Phi) is 3.41. The lowest BCUT2D eigenvalue weighted by atomic mass is 10.2. The molecule has 0 saturated carbocycles. The first-order chi connectivity index (χ1) is 6.54. The summed E-state index contributed by atoms with van der Waals surface area (Å²) in [4.78, 5) is 0. The Labute approximate surface area is 86.7 Å². The van der Waals surface area contributed by atoms with Crippen molar-refractivity contribution in [2.45, 2.75) is 0 Å². The van der Waals surface area contributed by atoms with Crippen LogP contribution in [0.3, 0.4) is 0 Å². The molecule has 0 aliphatic carbocycles. The standard InChI is InChI=1S/C7H4ClFN2O2S/c8-5-2-6(9)4(3-10)1-7(5)11-14(12)13/h1-2,11H,(H,12,13). The molecule has 4 nitrogen and oxygen atoms in total. The third-order valence-electron chi connectivity index (χ3n) is 1.37. The van der Waals surface area contributed by atoms with Crippen molar-refractivity contribution in [1.82, 2.24) is 0 Å². The molecule has 14 heavy (non-hydrogen) atoms. The van der Waals surface area contributed by atoms with Crippen molar-refractivity contribution in [1.29, 1.82) is 5.26 Å². The summed E-state index contributed by atoms with van der Waals surface area (Å²) in [6.07, 6.45) is 0. The lowest BCUT2D eigenvalue weighted by Crippen LogP contribution is -2.03. The fourth-order valence-corrected chi connectivity index (χ4v) is 1.42. The first-order valence-corrected chi connectivity index (χ1v) is 4.79. The monoisotopic (exact) mass is 234 g/mol. The van der Waals surface area contributed by atoms with Gasteiger partial charge in [0, 0.05) is 0 Å². The summed E-state index contributed by atoms with van der Waals surface area (Å²) in [6, 6.07) is 3.54. The smallest absolute Gasteiger partial charge is 0.259 e. The number of nitrogens with zero attached hydrogens (tertiary/aromatic N) is 1. The average Bonchev–Trinajstić information content (AvgIpc) is 2.09. The fourth-order valence-electron chi connectivity index (χ4n) is 0.807. The second-order valence-corrected chi connectivity index (χ2v) is 3.38. The van der Waals surface area contributed by atoms with E-state index in [1.54, 1.807) is 6.07 Å². The molecule has 2 N–H and O–H groups in total. The fraction of sp³-hybridized carbons (Fsp3) is 0. The van der Waals surface area contributed by atoms with E-state index in [0.29, 0.717) is 0 Å². The van der Waals surface area contributed by atoms with Crippen LogP contribution in [0.15, 0.2) is 12.1 Å². The molecule has 0 aliphatic heterocycles. The van der Waals surface area contributed by atoms with E-state index in [2.05, 4.69) is 4.72 Å².